The molecule has 0 aromatic heterocycles. The Labute approximate surface area is 121 Å². The van der Waals surface area contributed by atoms with Crippen molar-refractivity contribution in [1.29, 1.82) is 0 Å². The van der Waals surface area contributed by atoms with Gasteiger partial charge in [-0.05, 0) is 55.8 Å². The highest BCUT2D eigenvalue weighted by atomic mass is 16.5. The summed E-state index contributed by atoms with van der Waals surface area (Å²) in [7, 11) is 0. The summed E-state index contributed by atoms with van der Waals surface area (Å²) in [6, 6.07) is 7.01. The summed E-state index contributed by atoms with van der Waals surface area (Å²) >= 11 is 0. The first kappa shape index (κ1) is 13.9. The van der Waals surface area contributed by atoms with Gasteiger partial charge in [0, 0.05) is 12.6 Å². The minimum absolute atomic E-state index is 0.234. The molecule has 3 heteroatoms. The third-order valence-corrected chi connectivity index (χ3v) is 4.28. The maximum Gasteiger partial charge on any atom is 0.123 e. The zero-order valence-corrected chi connectivity index (χ0v) is 12.4. The van der Waals surface area contributed by atoms with Crippen LogP contribution in [0.15, 0.2) is 18.2 Å². The van der Waals surface area contributed by atoms with Crippen LogP contribution in [-0.2, 0) is 11.2 Å². The average molecular weight is 275 g/mol. The number of ether oxygens (including phenoxy) is 2. The molecule has 110 valence electrons. The number of fused-ring (bicyclic) bond motifs is 1. The van der Waals surface area contributed by atoms with Crippen molar-refractivity contribution < 1.29 is 9.47 Å². The van der Waals surface area contributed by atoms with Crippen LogP contribution in [0.5, 0.6) is 5.75 Å². The van der Waals surface area contributed by atoms with E-state index in [1.54, 1.807) is 0 Å². The zero-order chi connectivity index (χ0) is 13.8. The van der Waals surface area contributed by atoms with Gasteiger partial charge in [-0.25, -0.2) is 0 Å². The molecule has 0 bridgehead atoms. The van der Waals surface area contributed by atoms with Crippen LogP contribution in [0.2, 0.25) is 0 Å². The van der Waals surface area contributed by atoms with Crippen LogP contribution in [0.1, 0.15) is 49.8 Å². The van der Waals surface area contributed by atoms with E-state index in [0.717, 1.165) is 44.8 Å². The Hall–Kier alpha value is -1.06. The molecule has 2 atom stereocenters. The number of nitrogens with one attached hydrogen (secondary N) is 1. The van der Waals surface area contributed by atoms with Gasteiger partial charge in [-0.15, -0.1) is 0 Å². The molecule has 20 heavy (non-hydrogen) atoms. The van der Waals surface area contributed by atoms with Crippen LogP contribution in [0.3, 0.4) is 0 Å². The van der Waals surface area contributed by atoms with Crippen molar-refractivity contribution in [2.45, 2.75) is 51.2 Å². The van der Waals surface area contributed by atoms with E-state index in [-0.39, 0.29) is 6.10 Å². The number of rotatable bonds is 5. The molecular weight excluding hydrogens is 250 g/mol. The van der Waals surface area contributed by atoms with Crippen molar-refractivity contribution in [3.05, 3.63) is 29.3 Å². The van der Waals surface area contributed by atoms with Gasteiger partial charge in [0.15, 0.2) is 0 Å². The van der Waals surface area contributed by atoms with E-state index in [9.17, 15) is 0 Å². The molecule has 1 aromatic carbocycles. The predicted octanol–water partition coefficient (Wildman–Crippen LogP) is 3.23. The summed E-state index contributed by atoms with van der Waals surface area (Å²) < 4.78 is 11.7. The maximum absolute atomic E-state index is 6.20. The van der Waals surface area contributed by atoms with Crippen LogP contribution in [-0.4, -0.2) is 25.9 Å². The normalized spacial score (nSPS) is 25.4. The Morgan fingerprint density at radius 2 is 2.30 bits per heavy atom. The number of hydrogen-bond acceptors (Lipinski definition) is 3. The van der Waals surface area contributed by atoms with E-state index in [0.29, 0.717) is 6.04 Å². The Kier molecular flexibility index (Phi) is 4.58. The van der Waals surface area contributed by atoms with Gasteiger partial charge in [0.05, 0.1) is 6.61 Å². The van der Waals surface area contributed by atoms with E-state index >= 15 is 0 Å². The molecule has 2 aliphatic rings. The first-order chi connectivity index (χ1) is 9.88. The Balaban J connectivity index is 1.71. The Bertz CT molecular complexity index is 441. The van der Waals surface area contributed by atoms with E-state index in [4.69, 9.17) is 9.47 Å². The number of hydrogen-bond donors (Lipinski definition) is 1. The summed E-state index contributed by atoms with van der Waals surface area (Å²) in [6.07, 6.45) is 5.96. The van der Waals surface area contributed by atoms with Crippen molar-refractivity contribution >= 4 is 0 Å². The number of benzene rings is 1. The highest BCUT2D eigenvalue weighted by molar-refractivity contribution is 5.45. The SMILES string of the molecule is CCCNC1CCc2c(OC3CCCOC3)cccc21. The van der Waals surface area contributed by atoms with E-state index < -0.39 is 0 Å². The average Bonchev–Trinajstić information content (AvgIpc) is 2.90. The first-order valence-corrected chi connectivity index (χ1v) is 7.98. The van der Waals surface area contributed by atoms with Gasteiger partial charge in [-0.1, -0.05) is 19.1 Å². The molecule has 1 heterocycles. The van der Waals surface area contributed by atoms with Gasteiger partial charge in [-0.3, -0.25) is 0 Å². The van der Waals surface area contributed by atoms with Crippen molar-refractivity contribution in [3.8, 4) is 5.75 Å². The largest absolute Gasteiger partial charge is 0.488 e. The fourth-order valence-electron chi connectivity index (χ4n) is 3.25. The second kappa shape index (κ2) is 6.59. The minimum atomic E-state index is 0.234. The van der Waals surface area contributed by atoms with E-state index in [1.807, 2.05) is 0 Å². The summed E-state index contributed by atoms with van der Waals surface area (Å²) in [6.45, 7) is 4.92. The van der Waals surface area contributed by atoms with Crippen LogP contribution in [0, 0.1) is 0 Å². The lowest BCUT2D eigenvalue weighted by Crippen LogP contribution is -2.28. The zero-order valence-electron chi connectivity index (χ0n) is 12.4. The fraction of sp³-hybridized carbons (Fsp3) is 0.647. The van der Waals surface area contributed by atoms with Crippen LogP contribution in [0.25, 0.3) is 0 Å². The minimum Gasteiger partial charge on any atom is -0.488 e. The van der Waals surface area contributed by atoms with Crippen molar-refractivity contribution in [2.24, 2.45) is 0 Å². The Morgan fingerprint density at radius 1 is 1.35 bits per heavy atom. The predicted molar refractivity (Wildman–Crippen MR) is 80.3 cm³/mol. The highest BCUT2D eigenvalue weighted by Gasteiger charge is 2.26. The topological polar surface area (TPSA) is 30.5 Å². The lowest BCUT2D eigenvalue weighted by atomic mass is 10.1. The first-order valence-electron chi connectivity index (χ1n) is 7.98. The molecule has 2 unspecified atom stereocenters. The Morgan fingerprint density at radius 3 is 3.10 bits per heavy atom. The van der Waals surface area contributed by atoms with Crippen molar-refractivity contribution in [2.75, 3.05) is 19.8 Å². The third-order valence-electron chi connectivity index (χ3n) is 4.28. The summed E-state index contributed by atoms with van der Waals surface area (Å²) in [5.41, 5.74) is 2.85. The standard InChI is InChI=1S/C17H25NO2/c1-2-10-18-16-9-8-15-14(16)6-3-7-17(15)20-13-5-4-11-19-12-13/h3,6-7,13,16,18H,2,4-5,8-12H2,1H3. The van der Waals surface area contributed by atoms with Gasteiger partial charge in [0.25, 0.3) is 0 Å². The van der Waals surface area contributed by atoms with Gasteiger partial charge in [0.2, 0.25) is 0 Å². The second-order valence-corrected chi connectivity index (χ2v) is 5.83. The smallest absolute Gasteiger partial charge is 0.123 e. The summed E-state index contributed by atoms with van der Waals surface area (Å²) in [4.78, 5) is 0. The van der Waals surface area contributed by atoms with E-state index in [1.165, 1.54) is 24.0 Å². The monoisotopic (exact) mass is 275 g/mol. The molecule has 1 saturated heterocycles. The van der Waals surface area contributed by atoms with Gasteiger partial charge < -0.3 is 14.8 Å². The molecule has 1 fully saturated rings. The third kappa shape index (κ3) is 2.99. The molecule has 3 rings (SSSR count). The lowest BCUT2D eigenvalue weighted by molar-refractivity contribution is 0.00707. The molecule has 1 aromatic rings. The van der Waals surface area contributed by atoms with Gasteiger partial charge >= 0.3 is 0 Å². The molecule has 1 aliphatic heterocycles. The fourth-order valence-corrected chi connectivity index (χ4v) is 3.25. The highest BCUT2D eigenvalue weighted by Crippen LogP contribution is 2.37. The molecule has 0 spiro atoms. The van der Waals surface area contributed by atoms with Gasteiger partial charge in [-0.2, -0.15) is 0 Å². The molecular formula is C17H25NO2. The maximum atomic E-state index is 6.20. The molecule has 1 aliphatic carbocycles. The lowest BCUT2D eigenvalue weighted by Gasteiger charge is -2.24. The molecule has 0 amide bonds. The van der Waals surface area contributed by atoms with Crippen LogP contribution in [0.4, 0.5) is 0 Å². The molecule has 1 N–H and O–H groups in total. The molecule has 0 radical (unpaired) electrons. The molecule has 3 nitrogen and oxygen atoms in total. The summed E-state index contributed by atoms with van der Waals surface area (Å²) in [5, 5.41) is 3.64. The van der Waals surface area contributed by atoms with Crippen LogP contribution >= 0.6 is 0 Å². The van der Waals surface area contributed by atoms with Gasteiger partial charge in [0.1, 0.15) is 11.9 Å². The van der Waals surface area contributed by atoms with E-state index in [2.05, 4.69) is 30.4 Å². The van der Waals surface area contributed by atoms with Crippen LogP contribution < -0.4 is 10.1 Å². The van der Waals surface area contributed by atoms with Crippen molar-refractivity contribution in [1.82, 2.24) is 5.32 Å². The quantitative estimate of drug-likeness (QED) is 0.895. The molecule has 0 saturated carbocycles. The van der Waals surface area contributed by atoms with Crippen molar-refractivity contribution in [3.63, 3.8) is 0 Å². The second-order valence-electron chi connectivity index (χ2n) is 5.83. The summed E-state index contributed by atoms with van der Waals surface area (Å²) in [5.74, 6) is 1.08.